The van der Waals surface area contributed by atoms with Crippen LogP contribution in [-0.4, -0.2) is 53.7 Å². The molecule has 4 N–H and O–H groups in total. The molecule has 0 radical (unpaired) electrons. The number of carboxylic acids is 1. The third-order valence-corrected chi connectivity index (χ3v) is 6.66. The molecule has 1 aromatic rings. The van der Waals surface area contributed by atoms with Gasteiger partial charge in [-0.2, -0.15) is 0 Å². The van der Waals surface area contributed by atoms with Crippen molar-refractivity contribution in [1.29, 1.82) is 0 Å². The number of hydrogen-bond acceptors (Lipinski definition) is 5. The van der Waals surface area contributed by atoms with E-state index in [1.54, 1.807) is 12.1 Å². The average Bonchev–Trinajstić information content (AvgIpc) is 2.69. The van der Waals surface area contributed by atoms with E-state index in [1.165, 1.54) is 13.5 Å². The standard InChI is InChI=1S/C22H32ClN3O4.ClH/c1-30-20-13-19(24)18(23)12-17(20)22(29)25-14-10-15-6-5-7-16(11-14)26(15)9-4-2-3-8-21(27)28;/h12-16H,2-11,24H2,1H3,(H,25,29)(H,27,28);1H. The first kappa shape index (κ1) is 25.6. The van der Waals surface area contributed by atoms with Gasteiger partial charge in [-0.05, 0) is 51.1 Å². The van der Waals surface area contributed by atoms with Gasteiger partial charge in [-0.25, -0.2) is 0 Å². The predicted molar refractivity (Wildman–Crippen MR) is 124 cm³/mol. The highest BCUT2D eigenvalue weighted by Gasteiger charge is 2.38. The van der Waals surface area contributed by atoms with Gasteiger partial charge < -0.3 is 20.9 Å². The lowest BCUT2D eigenvalue weighted by Crippen LogP contribution is -2.57. The maximum absolute atomic E-state index is 12.9. The number of piperidine rings is 2. The summed E-state index contributed by atoms with van der Waals surface area (Å²) >= 11 is 6.12. The zero-order valence-electron chi connectivity index (χ0n) is 17.9. The number of methoxy groups -OCH3 is 1. The molecule has 31 heavy (non-hydrogen) atoms. The Hall–Kier alpha value is -1.70. The molecule has 9 heteroatoms. The summed E-state index contributed by atoms with van der Waals surface area (Å²) in [5.41, 5.74) is 6.61. The summed E-state index contributed by atoms with van der Waals surface area (Å²) in [6.45, 7) is 1.01. The van der Waals surface area contributed by atoms with Gasteiger partial charge in [0, 0.05) is 30.6 Å². The first-order valence-electron chi connectivity index (χ1n) is 10.8. The molecule has 2 aliphatic heterocycles. The Morgan fingerprint density at radius 1 is 1.23 bits per heavy atom. The Bertz CT molecular complexity index is 763. The van der Waals surface area contributed by atoms with E-state index in [9.17, 15) is 9.59 Å². The van der Waals surface area contributed by atoms with Crippen molar-refractivity contribution in [2.45, 2.75) is 75.9 Å². The van der Waals surface area contributed by atoms with E-state index in [-0.39, 0.29) is 30.8 Å². The third-order valence-electron chi connectivity index (χ3n) is 6.33. The van der Waals surface area contributed by atoms with Crippen LogP contribution in [0.25, 0.3) is 0 Å². The zero-order chi connectivity index (χ0) is 21.7. The zero-order valence-corrected chi connectivity index (χ0v) is 19.5. The quantitative estimate of drug-likeness (QED) is 0.368. The van der Waals surface area contributed by atoms with Crippen LogP contribution in [-0.2, 0) is 4.79 Å². The lowest BCUT2D eigenvalue weighted by molar-refractivity contribution is -0.137. The second-order valence-electron chi connectivity index (χ2n) is 8.40. The fourth-order valence-electron chi connectivity index (χ4n) is 4.89. The summed E-state index contributed by atoms with van der Waals surface area (Å²) < 4.78 is 5.32. The first-order chi connectivity index (χ1) is 14.4. The number of anilines is 1. The fourth-order valence-corrected chi connectivity index (χ4v) is 5.05. The number of fused-ring (bicyclic) bond motifs is 2. The maximum atomic E-state index is 12.9. The number of aliphatic carboxylic acids is 1. The number of carbonyl (C=O) groups excluding carboxylic acids is 1. The molecule has 2 fully saturated rings. The maximum Gasteiger partial charge on any atom is 0.303 e. The van der Waals surface area contributed by atoms with E-state index in [2.05, 4.69) is 10.2 Å². The number of unbranched alkanes of at least 4 members (excludes halogenated alkanes) is 2. The lowest BCUT2D eigenvalue weighted by atomic mass is 9.81. The number of hydrogen-bond donors (Lipinski definition) is 3. The van der Waals surface area contributed by atoms with Crippen LogP contribution < -0.4 is 15.8 Å². The van der Waals surface area contributed by atoms with Gasteiger partial charge in [-0.1, -0.05) is 24.4 Å². The summed E-state index contributed by atoms with van der Waals surface area (Å²) in [6, 6.07) is 4.22. The second-order valence-corrected chi connectivity index (χ2v) is 8.80. The van der Waals surface area contributed by atoms with E-state index in [0.29, 0.717) is 34.1 Å². The predicted octanol–water partition coefficient (Wildman–Crippen LogP) is 4.11. The van der Waals surface area contributed by atoms with Crippen LogP contribution in [0.1, 0.15) is 68.1 Å². The number of nitrogens with two attached hydrogens (primary N) is 1. The number of benzene rings is 1. The van der Waals surface area contributed by atoms with E-state index < -0.39 is 5.97 Å². The largest absolute Gasteiger partial charge is 0.496 e. The summed E-state index contributed by atoms with van der Waals surface area (Å²) in [6.07, 6.45) is 8.35. The second kappa shape index (κ2) is 11.8. The smallest absolute Gasteiger partial charge is 0.303 e. The lowest BCUT2D eigenvalue weighted by Gasteiger charge is -2.49. The van der Waals surface area contributed by atoms with Gasteiger partial charge in [0.25, 0.3) is 5.91 Å². The van der Waals surface area contributed by atoms with Crippen molar-refractivity contribution in [2.24, 2.45) is 0 Å². The Morgan fingerprint density at radius 3 is 2.52 bits per heavy atom. The van der Waals surface area contributed by atoms with Crippen molar-refractivity contribution in [3.63, 3.8) is 0 Å². The van der Waals surface area contributed by atoms with E-state index in [0.717, 1.165) is 51.5 Å². The Balaban J connectivity index is 0.00000341. The van der Waals surface area contributed by atoms with Crippen LogP contribution in [0.5, 0.6) is 5.75 Å². The third kappa shape index (κ3) is 6.64. The van der Waals surface area contributed by atoms with Crippen molar-refractivity contribution < 1.29 is 19.4 Å². The molecule has 2 heterocycles. The van der Waals surface area contributed by atoms with Gasteiger partial charge in [0.15, 0.2) is 0 Å². The molecule has 0 spiro atoms. The monoisotopic (exact) mass is 473 g/mol. The molecule has 0 aliphatic carbocycles. The average molecular weight is 474 g/mol. The number of amides is 1. The van der Waals surface area contributed by atoms with E-state index in [1.807, 2.05) is 0 Å². The molecule has 0 saturated carbocycles. The highest BCUT2D eigenvalue weighted by molar-refractivity contribution is 6.33. The van der Waals surface area contributed by atoms with Crippen LogP contribution in [0.15, 0.2) is 12.1 Å². The van der Waals surface area contributed by atoms with Gasteiger partial charge in [0.1, 0.15) is 5.75 Å². The minimum absolute atomic E-state index is 0. The molecule has 174 valence electrons. The van der Waals surface area contributed by atoms with Gasteiger partial charge in [-0.3, -0.25) is 14.5 Å². The summed E-state index contributed by atoms with van der Waals surface area (Å²) in [5.74, 6) is -0.477. The summed E-state index contributed by atoms with van der Waals surface area (Å²) in [7, 11) is 1.51. The Morgan fingerprint density at radius 2 is 1.90 bits per heavy atom. The fraction of sp³-hybridized carbons (Fsp3) is 0.636. The van der Waals surface area contributed by atoms with Crippen LogP contribution in [0.4, 0.5) is 5.69 Å². The number of carbonyl (C=O) groups is 2. The van der Waals surface area contributed by atoms with Gasteiger partial charge in [-0.15, -0.1) is 12.4 Å². The van der Waals surface area contributed by atoms with Crippen molar-refractivity contribution in [3.8, 4) is 5.75 Å². The van der Waals surface area contributed by atoms with Gasteiger partial charge >= 0.3 is 5.97 Å². The number of nitrogens with zero attached hydrogens (tertiary/aromatic N) is 1. The first-order valence-corrected chi connectivity index (χ1v) is 11.2. The molecule has 1 amide bonds. The topological polar surface area (TPSA) is 105 Å². The number of nitrogen functional groups attached to an aromatic ring is 1. The highest BCUT2D eigenvalue weighted by atomic mass is 35.5. The van der Waals surface area contributed by atoms with E-state index >= 15 is 0 Å². The number of halogens is 2. The van der Waals surface area contributed by atoms with Gasteiger partial charge in [0.2, 0.25) is 0 Å². The molecule has 0 aromatic heterocycles. The van der Waals surface area contributed by atoms with Crippen LogP contribution in [0.2, 0.25) is 5.02 Å². The van der Waals surface area contributed by atoms with E-state index in [4.69, 9.17) is 27.2 Å². The molecular formula is C22H33Cl2N3O4. The van der Waals surface area contributed by atoms with Crippen LogP contribution in [0, 0.1) is 0 Å². The minimum Gasteiger partial charge on any atom is -0.496 e. The Kier molecular flexibility index (Phi) is 9.72. The molecule has 2 unspecified atom stereocenters. The van der Waals surface area contributed by atoms with Crippen molar-refractivity contribution in [2.75, 3.05) is 19.4 Å². The molecule has 7 nitrogen and oxygen atoms in total. The summed E-state index contributed by atoms with van der Waals surface area (Å²) in [4.78, 5) is 26.2. The number of ether oxygens (including phenoxy) is 1. The molecule has 3 rings (SSSR count). The van der Waals surface area contributed by atoms with Crippen LogP contribution >= 0.6 is 24.0 Å². The molecular weight excluding hydrogens is 441 g/mol. The number of rotatable bonds is 9. The normalized spacial score (nSPS) is 23.0. The molecule has 1 aromatic carbocycles. The molecule has 2 saturated heterocycles. The highest BCUT2D eigenvalue weighted by Crippen LogP contribution is 2.35. The van der Waals surface area contributed by atoms with Crippen molar-refractivity contribution in [1.82, 2.24) is 10.2 Å². The number of nitrogens with one attached hydrogen (secondary N) is 1. The number of carboxylic acid groups (broad SMARTS) is 1. The minimum atomic E-state index is -0.720. The van der Waals surface area contributed by atoms with Crippen molar-refractivity contribution >= 4 is 41.6 Å². The van der Waals surface area contributed by atoms with Crippen LogP contribution in [0.3, 0.4) is 0 Å². The molecule has 2 aliphatic rings. The van der Waals surface area contributed by atoms with Gasteiger partial charge in [0.05, 0.1) is 23.4 Å². The van der Waals surface area contributed by atoms with Crippen molar-refractivity contribution in [3.05, 3.63) is 22.7 Å². The Labute approximate surface area is 195 Å². The molecule has 2 bridgehead atoms. The summed E-state index contributed by atoms with van der Waals surface area (Å²) in [5, 5.41) is 12.3. The molecule has 2 atom stereocenters. The SMILES string of the molecule is COc1cc(N)c(Cl)cc1C(=O)NC1CC2CCCC(C1)N2CCCCCC(=O)O.Cl.